The van der Waals surface area contributed by atoms with Crippen molar-refractivity contribution >= 4 is 0 Å². The summed E-state index contributed by atoms with van der Waals surface area (Å²) >= 11 is 0. The molecule has 1 aromatic heterocycles. The molecular weight excluding hydrogens is 328 g/mol. The van der Waals surface area contributed by atoms with Crippen molar-refractivity contribution in [2.24, 2.45) is 0 Å². The fraction of sp³-hybridized carbons (Fsp3) is 0.600. The molecular formula is C20H28N4O2. The average Bonchev–Trinajstić information content (AvgIpc) is 3.25. The molecule has 0 radical (unpaired) electrons. The fourth-order valence-corrected chi connectivity index (χ4v) is 4.17. The number of rotatable bonds is 6. The summed E-state index contributed by atoms with van der Waals surface area (Å²) in [6, 6.07) is 8.52. The molecule has 140 valence electrons. The van der Waals surface area contributed by atoms with Gasteiger partial charge < -0.3 is 19.3 Å². The molecule has 6 nitrogen and oxygen atoms in total. The molecule has 4 rings (SSSR count). The maximum absolute atomic E-state index is 11.1. The van der Waals surface area contributed by atoms with Crippen LogP contribution in [-0.2, 0) is 12.2 Å². The van der Waals surface area contributed by atoms with Crippen LogP contribution in [0.15, 0.2) is 24.3 Å². The number of hydrogen-bond donors (Lipinski definition) is 1. The van der Waals surface area contributed by atoms with Crippen LogP contribution in [0.5, 0.6) is 5.75 Å². The van der Waals surface area contributed by atoms with E-state index in [0.29, 0.717) is 12.6 Å². The van der Waals surface area contributed by atoms with Crippen LogP contribution in [0.3, 0.4) is 0 Å². The molecule has 0 spiro atoms. The van der Waals surface area contributed by atoms with E-state index in [9.17, 15) is 5.11 Å². The van der Waals surface area contributed by atoms with E-state index in [4.69, 9.17) is 4.74 Å². The van der Waals surface area contributed by atoms with E-state index in [-0.39, 0.29) is 6.04 Å². The van der Waals surface area contributed by atoms with Crippen LogP contribution in [0.1, 0.15) is 55.9 Å². The van der Waals surface area contributed by atoms with Gasteiger partial charge in [-0.1, -0.05) is 12.1 Å². The zero-order valence-electron chi connectivity index (χ0n) is 15.9. The summed E-state index contributed by atoms with van der Waals surface area (Å²) in [4.78, 5) is 2.25. The fourth-order valence-electron chi connectivity index (χ4n) is 4.17. The van der Waals surface area contributed by atoms with E-state index in [1.807, 2.05) is 38.1 Å². The van der Waals surface area contributed by atoms with Gasteiger partial charge in [0.15, 0.2) is 5.82 Å². The standard InChI is InChI=1S/C20H28N4O2/c1-14-21-22-19(24(14)16-8-9-16)13-26-17-10-6-15(7-11-17)20(2,25)18-5-4-12-23(18)3/h6-7,10-11,16,18,25H,4-5,8-9,12-13H2,1-3H3/t18-,20?/m1/s1. The van der Waals surface area contributed by atoms with Crippen molar-refractivity contribution in [3.8, 4) is 5.75 Å². The minimum Gasteiger partial charge on any atom is -0.486 e. The minimum atomic E-state index is -0.854. The normalized spacial score (nSPS) is 23.2. The maximum atomic E-state index is 11.1. The molecule has 6 heteroatoms. The number of nitrogens with zero attached hydrogens (tertiary/aromatic N) is 4. The number of aryl methyl sites for hydroxylation is 1. The van der Waals surface area contributed by atoms with Gasteiger partial charge in [-0.2, -0.15) is 0 Å². The van der Waals surface area contributed by atoms with Crippen molar-refractivity contribution in [3.63, 3.8) is 0 Å². The molecule has 1 saturated heterocycles. The van der Waals surface area contributed by atoms with Crippen LogP contribution >= 0.6 is 0 Å². The molecule has 2 heterocycles. The molecule has 1 aliphatic carbocycles. The third-order valence-corrected chi connectivity index (χ3v) is 5.82. The summed E-state index contributed by atoms with van der Waals surface area (Å²) in [5, 5.41) is 19.5. The quantitative estimate of drug-likeness (QED) is 0.862. The number of likely N-dealkylation sites (tertiary alicyclic amines) is 1. The Kier molecular flexibility index (Phi) is 4.49. The van der Waals surface area contributed by atoms with E-state index in [1.165, 1.54) is 12.8 Å². The Balaban J connectivity index is 1.43. The van der Waals surface area contributed by atoms with Crippen LogP contribution in [0.25, 0.3) is 0 Å². The lowest BCUT2D eigenvalue weighted by molar-refractivity contribution is -0.0153. The van der Waals surface area contributed by atoms with E-state index >= 15 is 0 Å². The van der Waals surface area contributed by atoms with Gasteiger partial charge >= 0.3 is 0 Å². The Morgan fingerprint density at radius 1 is 1.19 bits per heavy atom. The van der Waals surface area contributed by atoms with Gasteiger partial charge in [0.25, 0.3) is 0 Å². The lowest BCUT2D eigenvalue weighted by Crippen LogP contribution is -2.43. The van der Waals surface area contributed by atoms with Crippen molar-refractivity contribution in [1.29, 1.82) is 0 Å². The smallest absolute Gasteiger partial charge is 0.171 e. The van der Waals surface area contributed by atoms with Crippen LogP contribution in [0.4, 0.5) is 0 Å². The minimum absolute atomic E-state index is 0.161. The second-order valence-corrected chi connectivity index (χ2v) is 7.86. The SMILES string of the molecule is Cc1nnc(COc2ccc(C(C)(O)[C@H]3CCCN3C)cc2)n1C1CC1. The van der Waals surface area contributed by atoms with Gasteiger partial charge in [0, 0.05) is 12.1 Å². The third-order valence-electron chi connectivity index (χ3n) is 5.82. The van der Waals surface area contributed by atoms with E-state index in [1.54, 1.807) is 0 Å². The van der Waals surface area contributed by atoms with Gasteiger partial charge in [0.1, 0.15) is 23.8 Å². The molecule has 1 unspecified atom stereocenters. The number of ether oxygens (including phenoxy) is 1. The van der Waals surface area contributed by atoms with Crippen molar-refractivity contribution in [1.82, 2.24) is 19.7 Å². The van der Waals surface area contributed by atoms with E-state index < -0.39 is 5.60 Å². The Hall–Kier alpha value is -1.92. The Morgan fingerprint density at radius 3 is 2.54 bits per heavy atom. The van der Waals surface area contributed by atoms with Crippen molar-refractivity contribution in [2.75, 3.05) is 13.6 Å². The predicted molar refractivity (Wildman–Crippen MR) is 99.0 cm³/mol. The van der Waals surface area contributed by atoms with E-state index in [2.05, 4.69) is 26.7 Å². The zero-order valence-corrected chi connectivity index (χ0v) is 15.9. The molecule has 1 N–H and O–H groups in total. The predicted octanol–water partition coefficient (Wildman–Crippen LogP) is 2.80. The molecule has 0 amide bonds. The highest BCUT2D eigenvalue weighted by Gasteiger charge is 2.38. The van der Waals surface area contributed by atoms with Crippen molar-refractivity contribution in [3.05, 3.63) is 41.5 Å². The molecule has 1 saturated carbocycles. The van der Waals surface area contributed by atoms with Gasteiger partial charge in [0.05, 0.1) is 0 Å². The maximum Gasteiger partial charge on any atom is 0.171 e. The monoisotopic (exact) mass is 356 g/mol. The van der Waals surface area contributed by atoms with Crippen LogP contribution < -0.4 is 4.74 Å². The number of aliphatic hydroxyl groups is 1. The van der Waals surface area contributed by atoms with Crippen LogP contribution in [0, 0.1) is 6.92 Å². The summed E-state index contributed by atoms with van der Waals surface area (Å²) in [7, 11) is 2.08. The largest absolute Gasteiger partial charge is 0.486 e. The highest BCUT2D eigenvalue weighted by molar-refractivity contribution is 5.32. The van der Waals surface area contributed by atoms with Gasteiger partial charge in [-0.15, -0.1) is 10.2 Å². The van der Waals surface area contributed by atoms with Gasteiger partial charge in [0.2, 0.25) is 0 Å². The lowest BCUT2D eigenvalue weighted by atomic mass is 9.87. The molecule has 26 heavy (non-hydrogen) atoms. The van der Waals surface area contributed by atoms with Crippen molar-refractivity contribution in [2.45, 2.75) is 63.8 Å². The number of hydrogen-bond acceptors (Lipinski definition) is 5. The number of likely N-dealkylation sites (N-methyl/N-ethyl adjacent to an activating group) is 1. The molecule has 2 atom stereocenters. The molecule has 2 aromatic rings. The first-order chi connectivity index (χ1) is 12.5. The molecule has 2 fully saturated rings. The second-order valence-electron chi connectivity index (χ2n) is 7.86. The summed E-state index contributed by atoms with van der Waals surface area (Å²) in [5.41, 5.74) is 0.0770. The first-order valence-corrected chi connectivity index (χ1v) is 9.53. The van der Waals surface area contributed by atoms with Crippen LogP contribution in [0.2, 0.25) is 0 Å². The molecule has 1 aromatic carbocycles. The van der Waals surface area contributed by atoms with Gasteiger partial charge in [-0.05, 0) is 70.8 Å². The third kappa shape index (κ3) is 3.23. The summed E-state index contributed by atoms with van der Waals surface area (Å²) < 4.78 is 8.11. The first-order valence-electron chi connectivity index (χ1n) is 9.53. The lowest BCUT2D eigenvalue weighted by Gasteiger charge is -2.35. The van der Waals surface area contributed by atoms with Gasteiger partial charge in [-0.3, -0.25) is 0 Å². The summed E-state index contributed by atoms with van der Waals surface area (Å²) in [5.74, 6) is 2.62. The Bertz CT molecular complexity index is 765. The van der Waals surface area contributed by atoms with Crippen LogP contribution in [-0.4, -0.2) is 44.4 Å². The summed E-state index contributed by atoms with van der Waals surface area (Å²) in [6.07, 6.45) is 4.56. The molecule has 2 aliphatic rings. The topological polar surface area (TPSA) is 63.4 Å². The summed E-state index contributed by atoms with van der Waals surface area (Å²) in [6.45, 7) is 5.36. The molecule has 1 aliphatic heterocycles. The Morgan fingerprint density at radius 2 is 1.92 bits per heavy atom. The highest BCUT2D eigenvalue weighted by atomic mass is 16.5. The van der Waals surface area contributed by atoms with Gasteiger partial charge in [-0.25, -0.2) is 0 Å². The second kappa shape index (κ2) is 6.67. The van der Waals surface area contributed by atoms with E-state index in [0.717, 1.165) is 42.3 Å². The van der Waals surface area contributed by atoms with Crippen molar-refractivity contribution < 1.29 is 9.84 Å². The first kappa shape index (κ1) is 17.5. The number of benzene rings is 1. The Labute approximate surface area is 154 Å². The average molecular weight is 356 g/mol. The molecule has 0 bridgehead atoms. The zero-order chi connectivity index (χ0) is 18.3. The number of aromatic nitrogens is 3. The highest BCUT2D eigenvalue weighted by Crippen LogP contribution is 2.37.